The van der Waals surface area contributed by atoms with Crippen molar-refractivity contribution in [3.8, 4) is 28.7 Å². The standard InChI is InChI=1S/C61H72N2O8S2/c1-4-39-16-17-40-11-10-12-42-35-72-73-36-44-28-54(67)61(33-37-15-19-51(65)53(26-37)71-48-13-6-7-14-48,46-29-45(30-47(64)31-46)60(62-2)22-8-5-9-23-60)59(69)56(44)57(68)43(25-38-21-24-63-34-38)27-41-18-20-52(66)58(70-3)50(41)32-49(39)55(40)42/h10-12,15-21,24,26,29-31,34,43-44,48,54,56-57,62-68H,4-9,13-14,22-23,25,27-28,32-33,35-36H2,1-3H3/t43-,44+,54+,56-,57+,61+/m1/s1. The highest BCUT2D eigenvalue weighted by Crippen LogP contribution is 2.52. The minimum Gasteiger partial charge on any atom is -0.508 e. The van der Waals surface area contributed by atoms with Crippen LogP contribution in [0.1, 0.15) is 121 Å². The number of hydrogen-bond donors (Lipinski definition) is 7. The average Bonchev–Trinajstić information content (AvgIpc) is 4.13. The van der Waals surface area contributed by atoms with Crippen LogP contribution < -0.4 is 14.8 Å². The number of carbonyl (C=O) groups is 1. The van der Waals surface area contributed by atoms with Crippen LogP contribution in [0.25, 0.3) is 10.8 Å². The molecule has 6 atom stereocenters. The first-order valence-corrected chi connectivity index (χ1v) is 29.1. The molecule has 12 heteroatoms. The lowest BCUT2D eigenvalue weighted by atomic mass is 9.55. The van der Waals surface area contributed by atoms with E-state index in [0.29, 0.717) is 53.4 Å². The summed E-state index contributed by atoms with van der Waals surface area (Å²) in [5.74, 6) is -0.122. The number of phenols is 3. The topological polar surface area (TPSA) is 164 Å². The molecule has 6 aromatic rings. The second kappa shape index (κ2) is 22.0. The van der Waals surface area contributed by atoms with E-state index in [4.69, 9.17) is 9.47 Å². The summed E-state index contributed by atoms with van der Waals surface area (Å²) in [4.78, 5) is 20.0. The highest BCUT2D eigenvalue weighted by Gasteiger charge is 2.58. The molecule has 10 nitrogen and oxygen atoms in total. The van der Waals surface area contributed by atoms with Crippen LogP contribution in [0.3, 0.4) is 0 Å². The molecular weight excluding hydrogens is 953 g/mol. The molecule has 7 N–H and O–H groups in total. The molecule has 5 aromatic carbocycles. The maximum atomic E-state index is 16.8. The fourth-order valence-electron chi connectivity index (χ4n) is 13.4. The number of H-pyrrole nitrogens is 1. The number of aromatic nitrogens is 1. The summed E-state index contributed by atoms with van der Waals surface area (Å²) in [6.07, 6.45) is 12.6. The van der Waals surface area contributed by atoms with Crippen molar-refractivity contribution in [1.29, 1.82) is 0 Å². The van der Waals surface area contributed by atoms with Gasteiger partial charge in [-0.25, -0.2) is 0 Å². The second-order valence-electron chi connectivity index (χ2n) is 21.5. The highest BCUT2D eigenvalue weighted by atomic mass is 33.1. The van der Waals surface area contributed by atoms with E-state index < -0.39 is 40.9 Å². The lowest BCUT2D eigenvalue weighted by molar-refractivity contribution is -0.149. The Morgan fingerprint density at radius 1 is 0.822 bits per heavy atom. The third-order valence-corrected chi connectivity index (χ3v) is 19.7. The summed E-state index contributed by atoms with van der Waals surface area (Å²) < 4.78 is 12.5. The molecule has 2 heterocycles. The van der Waals surface area contributed by atoms with E-state index in [2.05, 4.69) is 47.6 Å². The number of hydrogen-bond acceptors (Lipinski definition) is 11. The van der Waals surface area contributed by atoms with Crippen molar-refractivity contribution in [3.05, 3.63) is 147 Å². The van der Waals surface area contributed by atoms with E-state index >= 15 is 4.79 Å². The van der Waals surface area contributed by atoms with E-state index in [1.54, 1.807) is 59.0 Å². The third-order valence-electron chi connectivity index (χ3n) is 17.3. The van der Waals surface area contributed by atoms with Crippen LogP contribution in [0.4, 0.5) is 0 Å². The quantitative estimate of drug-likeness (QED) is 0.0618. The molecule has 0 bridgehead atoms. The van der Waals surface area contributed by atoms with Crippen molar-refractivity contribution < 1.29 is 39.8 Å². The number of aliphatic hydroxyl groups excluding tert-OH is 2. The van der Waals surface area contributed by atoms with Gasteiger partial charge in [0.1, 0.15) is 5.75 Å². The predicted molar refractivity (Wildman–Crippen MR) is 293 cm³/mol. The number of aryl methyl sites for hydroxylation is 1. The summed E-state index contributed by atoms with van der Waals surface area (Å²) in [5.41, 5.74) is 6.36. The Kier molecular flexibility index (Phi) is 15.5. The molecule has 10 rings (SSSR count). The predicted octanol–water partition coefficient (Wildman–Crippen LogP) is 11.6. The van der Waals surface area contributed by atoms with Crippen molar-refractivity contribution in [2.75, 3.05) is 19.9 Å². The number of ether oxygens (including phenoxy) is 2. The van der Waals surface area contributed by atoms with Gasteiger partial charge in [0, 0.05) is 47.3 Å². The van der Waals surface area contributed by atoms with E-state index in [-0.39, 0.29) is 42.0 Å². The molecular formula is C61H72N2O8S2. The first kappa shape index (κ1) is 51.4. The van der Waals surface area contributed by atoms with Gasteiger partial charge in [0.05, 0.1) is 30.8 Å². The molecule has 4 aliphatic rings. The second-order valence-corrected chi connectivity index (χ2v) is 24.0. The highest BCUT2D eigenvalue weighted by molar-refractivity contribution is 8.76. The first-order chi connectivity index (χ1) is 35.4. The van der Waals surface area contributed by atoms with E-state index in [1.165, 1.54) is 22.1 Å². The minimum atomic E-state index is -1.62. The van der Waals surface area contributed by atoms with Crippen LogP contribution in [0.15, 0.2) is 97.3 Å². The zero-order chi connectivity index (χ0) is 50.9. The number of rotatable bonds is 11. The number of nitrogens with one attached hydrogen (secondary N) is 2. The van der Waals surface area contributed by atoms with Gasteiger partial charge in [0.15, 0.2) is 28.8 Å². The summed E-state index contributed by atoms with van der Waals surface area (Å²) in [6, 6.07) is 27.3. The minimum absolute atomic E-state index is 0.0149. The number of aromatic amines is 1. The van der Waals surface area contributed by atoms with Gasteiger partial charge in [0.2, 0.25) is 0 Å². The van der Waals surface area contributed by atoms with Crippen molar-refractivity contribution in [2.24, 2.45) is 17.8 Å². The molecule has 0 spiro atoms. The average molecular weight is 1030 g/mol. The third kappa shape index (κ3) is 10.1. The zero-order valence-electron chi connectivity index (χ0n) is 42.5. The van der Waals surface area contributed by atoms with E-state index in [1.807, 2.05) is 43.7 Å². The number of phenolic OH excluding ortho intramolecular Hbond substituents is 3. The molecule has 0 saturated heterocycles. The number of benzene rings is 5. The Hall–Kier alpha value is -5.11. The Labute approximate surface area is 438 Å². The van der Waals surface area contributed by atoms with Gasteiger partial charge in [0.25, 0.3) is 0 Å². The van der Waals surface area contributed by atoms with Crippen LogP contribution in [-0.2, 0) is 53.6 Å². The van der Waals surface area contributed by atoms with Crippen molar-refractivity contribution in [1.82, 2.24) is 10.3 Å². The fraction of sp³-hybridized carbons (Fsp3) is 0.459. The monoisotopic (exact) mass is 1020 g/mol. The van der Waals surface area contributed by atoms with Gasteiger partial charge in [-0.15, -0.1) is 0 Å². The first-order valence-electron chi connectivity index (χ1n) is 26.6. The van der Waals surface area contributed by atoms with Crippen molar-refractivity contribution >= 4 is 38.1 Å². The fourth-order valence-corrected chi connectivity index (χ4v) is 15.9. The Morgan fingerprint density at radius 2 is 1.62 bits per heavy atom. The van der Waals surface area contributed by atoms with Crippen LogP contribution in [0.2, 0.25) is 0 Å². The molecule has 0 amide bonds. The molecule has 386 valence electrons. The Morgan fingerprint density at radius 3 is 2.37 bits per heavy atom. The van der Waals surface area contributed by atoms with Crippen molar-refractivity contribution in [2.45, 2.75) is 138 Å². The van der Waals surface area contributed by atoms with Gasteiger partial charge in [-0.1, -0.05) is 96.3 Å². The summed E-state index contributed by atoms with van der Waals surface area (Å²) in [5, 5.41) is 67.3. The van der Waals surface area contributed by atoms with Gasteiger partial charge in [-0.3, -0.25) is 4.79 Å². The molecule has 3 fully saturated rings. The molecule has 3 aliphatic carbocycles. The lowest BCUT2D eigenvalue weighted by Crippen LogP contribution is -2.61. The number of fused-ring (bicyclic) bond motifs is 2. The lowest BCUT2D eigenvalue weighted by Gasteiger charge is -2.50. The largest absolute Gasteiger partial charge is 0.508 e. The summed E-state index contributed by atoms with van der Waals surface area (Å²) in [7, 11) is 6.96. The molecule has 0 radical (unpaired) electrons. The van der Waals surface area contributed by atoms with Gasteiger partial charge < -0.3 is 45.3 Å². The number of aliphatic hydroxyl groups is 2. The zero-order valence-corrected chi connectivity index (χ0v) is 44.1. The molecule has 1 aliphatic heterocycles. The van der Waals surface area contributed by atoms with E-state index in [9.17, 15) is 25.5 Å². The maximum absolute atomic E-state index is 16.8. The number of Topliss-reactive ketones (excluding diaryl/α,β-unsaturated/α-hetero) is 1. The van der Waals surface area contributed by atoms with Gasteiger partial charge in [-0.05, 0) is 181 Å². The van der Waals surface area contributed by atoms with Gasteiger partial charge >= 0.3 is 0 Å². The van der Waals surface area contributed by atoms with Crippen LogP contribution in [0.5, 0.6) is 28.7 Å². The molecule has 3 saturated carbocycles. The van der Waals surface area contributed by atoms with E-state index in [0.717, 1.165) is 91.8 Å². The number of carbonyl (C=O) groups excluding carboxylic acids is 1. The van der Waals surface area contributed by atoms with Crippen LogP contribution in [-0.4, -0.2) is 74.5 Å². The van der Waals surface area contributed by atoms with Gasteiger partial charge in [-0.2, -0.15) is 0 Å². The Bertz CT molecular complexity index is 2910. The number of aromatic hydroxyl groups is 3. The molecule has 0 unspecified atom stereocenters. The SMILES string of the molecule is CCc1ccc2cccc3c2c1Cc1c(ccc(O)c1OC)C[C@@H](Cc1cc[nH]c1)[C@H](O)[C@@H]1C(=O)[C@@](Cc2ccc(O)c(OC4CCCC4)c2)(c2cc(O)cc(C4(NC)CCCCC4)c2)[C@@H](O)C[C@H]1CSSC3. The summed E-state index contributed by atoms with van der Waals surface area (Å²) >= 11 is 0. The normalized spacial score (nSPS) is 24.8. The Balaban J connectivity index is 1.15. The van der Waals surface area contributed by atoms with Crippen molar-refractivity contribution in [3.63, 3.8) is 0 Å². The molecule has 1 aromatic heterocycles. The smallest absolute Gasteiger partial charge is 0.164 e. The number of ketones is 1. The summed E-state index contributed by atoms with van der Waals surface area (Å²) in [6.45, 7) is 2.18. The van der Waals surface area contributed by atoms with Crippen LogP contribution in [0, 0.1) is 17.8 Å². The number of methoxy groups -OCH3 is 1. The molecule has 73 heavy (non-hydrogen) atoms. The van der Waals surface area contributed by atoms with Crippen LogP contribution >= 0.6 is 21.6 Å². The maximum Gasteiger partial charge on any atom is 0.164 e.